The van der Waals surface area contributed by atoms with Crippen molar-refractivity contribution in [3.63, 3.8) is 0 Å². The predicted octanol–water partition coefficient (Wildman–Crippen LogP) is 5.29. The smallest absolute Gasteiger partial charge is 0.482 e. The van der Waals surface area contributed by atoms with Gasteiger partial charge in [0.25, 0.3) is 0 Å². The molecule has 8 rings (SSSR count). The number of hydrogen-bond acceptors (Lipinski definition) is 10. The highest BCUT2D eigenvalue weighted by Crippen LogP contribution is 2.78. The van der Waals surface area contributed by atoms with Crippen LogP contribution in [0.1, 0.15) is 84.3 Å². The molecule has 10 nitrogen and oxygen atoms in total. The Kier molecular flexibility index (Phi) is 9.11. The van der Waals surface area contributed by atoms with Crippen LogP contribution in [0.4, 0.5) is 4.79 Å². The minimum Gasteiger partial charge on any atom is -0.482 e. The predicted molar refractivity (Wildman–Crippen MR) is 179 cm³/mol. The summed E-state index contributed by atoms with van der Waals surface area (Å²) in [5, 5.41) is 12.4. The quantitative estimate of drug-likeness (QED) is 0.150. The van der Waals surface area contributed by atoms with E-state index in [-0.39, 0.29) is 41.5 Å². The number of carbonyl (C=O) groups is 1. The summed E-state index contributed by atoms with van der Waals surface area (Å²) >= 11 is 0. The van der Waals surface area contributed by atoms with Gasteiger partial charge in [-0.25, -0.2) is 4.79 Å². The molecule has 7 aliphatic rings. The number of nitrogens with zero attached hydrogens (tertiary/aromatic N) is 1. The van der Waals surface area contributed by atoms with Crippen LogP contribution in [-0.4, -0.2) is 106 Å². The molecule has 2 heterocycles. The van der Waals surface area contributed by atoms with Crippen molar-refractivity contribution in [2.24, 2.45) is 22.7 Å². The maximum Gasteiger partial charge on any atom is 0.514 e. The second-order valence-electron chi connectivity index (χ2n) is 16.4. The SMILES string of the molecule is CCOCCOCCOCCOC(=O)Oc1ccc2c3c1O[C@H]1[C@@]4(OC)CC[C@@]5(C[C@@H]4[C@](C)(O)C(C)(C)C)[C@@H](C2)N(CC2CC2)CC[C@]315. The third kappa shape index (κ3) is 5.22. The first-order valence-electron chi connectivity index (χ1n) is 18.4. The van der Waals surface area contributed by atoms with E-state index in [4.69, 9.17) is 33.2 Å². The molecule has 10 heteroatoms. The topological polar surface area (TPSA) is 105 Å². The average Bonchev–Trinajstić information content (AvgIpc) is 3.80. The van der Waals surface area contributed by atoms with E-state index in [0.717, 1.165) is 51.1 Å². The van der Waals surface area contributed by atoms with Crippen LogP contribution >= 0.6 is 0 Å². The monoisotopic (exact) mass is 671 g/mol. The van der Waals surface area contributed by atoms with E-state index in [9.17, 15) is 9.90 Å². The molecule has 4 saturated carbocycles. The van der Waals surface area contributed by atoms with E-state index in [2.05, 4.69) is 31.7 Å². The Morgan fingerprint density at radius 2 is 1.71 bits per heavy atom. The fourth-order valence-electron chi connectivity index (χ4n) is 10.5. The molecular weight excluding hydrogens is 614 g/mol. The Morgan fingerprint density at radius 3 is 2.38 bits per heavy atom. The lowest BCUT2D eigenvalue weighted by Gasteiger charge is -2.75. The van der Waals surface area contributed by atoms with Crippen molar-refractivity contribution in [2.75, 3.05) is 66.4 Å². The molecule has 5 fully saturated rings. The van der Waals surface area contributed by atoms with Gasteiger partial charge in [-0.15, -0.1) is 0 Å². The normalized spacial score (nSPS) is 34.4. The van der Waals surface area contributed by atoms with Crippen LogP contribution in [0.3, 0.4) is 0 Å². The van der Waals surface area contributed by atoms with Crippen molar-refractivity contribution < 1.29 is 43.1 Å². The van der Waals surface area contributed by atoms with E-state index < -0.39 is 17.4 Å². The van der Waals surface area contributed by atoms with Crippen LogP contribution in [0.15, 0.2) is 12.1 Å². The Labute approximate surface area is 286 Å². The highest BCUT2D eigenvalue weighted by molar-refractivity contribution is 5.70. The van der Waals surface area contributed by atoms with Crippen LogP contribution in [0, 0.1) is 22.7 Å². The van der Waals surface area contributed by atoms with Crippen LogP contribution in [0.2, 0.25) is 0 Å². The molecular formula is C38H57NO9. The zero-order valence-corrected chi connectivity index (χ0v) is 29.9. The molecule has 1 aromatic rings. The molecule has 0 radical (unpaired) electrons. The van der Waals surface area contributed by atoms with E-state index in [0.29, 0.717) is 50.6 Å². The van der Waals surface area contributed by atoms with Crippen LogP contribution in [0.5, 0.6) is 11.5 Å². The molecule has 5 aliphatic carbocycles. The molecule has 2 aliphatic heterocycles. The zero-order chi connectivity index (χ0) is 34.0. The standard InChI is InChI=1S/C38H57NO9/c1-7-43-16-17-44-18-19-45-20-21-46-33(40)47-27-11-10-26-22-29-36-12-13-38(42-6,28(23-36)35(5,41)34(2,3)4)32-37(36,30(26)31(27)48-32)14-15-39(29)24-25-8-9-25/h10-11,25,28-29,32,41H,7-9,12-24H2,1-6H3/t28-,29-,32-,35+,36-,37+,38-/m1/s1. The highest BCUT2D eigenvalue weighted by atomic mass is 16.7. The second-order valence-corrected chi connectivity index (χ2v) is 16.4. The number of piperidine rings is 1. The molecule has 48 heavy (non-hydrogen) atoms. The van der Waals surface area contributed by atoms with Crippen molar-refractivity contribution in [3.8, 4) is 11.5 Å². The Balaban J connectivity index is 1.14. The summed E-state index contributed by atoms with van der Waals surface area (Å²) in [4.78, 5) is 15.8. The fraction of sp³-hybridized carbons (Fsp3) is 0.816. The lowest BCUT2D eigenvalue weighted by molar-refractivity contribution is -0.312. The highest BCUT2D eigenvalue weighted by Gasteiger charge is 2.82. The van der Waals surface area contributed by atoms with Crippen molar-refractivity contribution in [2.45, 2.75) is 108 Å². The van der Waals surface area contributed by atoms with Crippen LogP contribution in [-0.2, 0) is 35.5 Å². The van der Waals surface area contributed by atoms with Gasteiger partial charge < -0.3 is 38.3 Å². The Morgan fingerprint density at radius 1 is 1.00 bits per heavy atom. The van der Waals surface area contributed by atoms with E-state index >= 15 is 0 Å². The molecule has 0 aromatic heterocycles. The van der Waals surface area contributed by atoms with Crippen molar-refractivity contribution in [3.05, 3.63) is 23.3 Å². The third-order valence-corrected chi connectivity index (χ3v) is 13.4. The van der Waals surface area contributed by atoms with E-state index in [1.807, 2.05) is 19.9 Å². The van der Waals surface area contributed by atoms with Gasteiger partial charge in [0.2, 0.25) is 0 Å². The largest absolute Gasteiger partial charge is 0.514 e. The number of likely N-dealkylation sites (tertiary alicyclic amines) is 1. The van der Waals surface area contributed by atoms with Gasteiger partial charge in [0.05, 0.1) is 38.6 Å². The summed E-state index contributed by atoms with van der Waals surface area (Å²) in [5.74, 6) is 1.73. The summed E-state index contributed by atoms with van der Waals surface area (Å²) in [6, 6.07) is 4.40. The lowest BCUT2D eigenvalue weighted by atomic mass is 9.33. The van der Waals surface area contributed by atoms with Gasteiger partial charge in [-0.2, -0.15) is 0 Å². The number of rotatable bonds is 15. The van der Waals surface area contributed by atoms with Crippen molar-refractivity contribution >= 4 is 6.16 Å². The maximum absolute atomic E-state index is 13.0. The second kappa shape index (κ2) is 12.7. The number of benzene rings is 1. The first-order valence-corrected chi connectivity index (χ1v) is 18.4. The van der Waals surface area contributed by atoms with Crippen LogP contribution < -0.4 is 9.47 Å². The third-order valence-electron chi connectivity index (χ3n) is 13.4. The van der Waals surface area contributed by atoms with Gasteiger partial charge in [0, 0.05) is 48.6 Å². The van der Waals surface area contributed by atoms with Gasteiger partial charge in [0.15, 0.2) is 11.5 Å². The van der Waals surface area contributed by atoms with Crippen LogP contribution in [0.25, 0.3) is 0 Å². The fourth-order valence-corrected chi connectivity index (χ4v) is 10.5. The van der Waals surface area contributed by atoms with Gasteiger partial charge in [-0.3, -0.25) is 4.90 Å². The first kappa shape index (κ1) is 34.5. The molecule has 7 atom stereocenters. The number of methoxy groups -OCH3 is 1. The first-order chi connectivity index (χ1) is 22.9. The minimum atomic E-state index is -0.993. The Hall–Kier alpha value is -1.95. The number of fused-ring (bicyclic) bond motifs is 2. The summed E-state index contributed by atoms with van der Waals surface area (Å²) in [6.45, 7) is 15.5. The van der Waals surface area contributed by atoms with Gasteiger partial charge in [-0.1, -0.05) is 26.8 Å². The number of aliphatic hydroxyl groups is 1. The molecule has 268 valence electrons. The molecule has 1 aromatic carbocycles. The number of ether oxygens (including phenoxy) is 7. The summed E-state index contributed by atoms with van der Waals surface area (Å²) < 4.78 is 41.4. The summed E-state index contributed by atoms with van der Waals surface area (Å²) in [5.41, 5.74) is 0.108. The number of hydrogen-bond donors (Lipinski definition) is 1. The molecule has 4 bridgehead atoms. The van der Waals surface area contributed by atoms with Gasteiger partial charge >= 0.3 is 6.16 Å². The Bertz CT molecular complexity index is 1360. The van der Waals surface area contributed by atoms with Crippen molar-refractivity contribution in [1.29, 1.82) is 0 Å². The molecule has 1 saturated heterocycles. The van der Waals surface area contributed by atoms with Gasteiger partial charge in [0.1, 0.15) is 18.3 Å². The molecule has 0 amide bonds. The molecule has 2 spiro atoms. The number of carbonyl (C=O) groups excluding carboxylic acids is 1. The summed E-state index contributed by atoms with van der Waals surface area (Å²) in [7, 11) is 1.81. The maximum atomic E-state index is 13.0. The average molecular weight is 672 g/mol. The van der Waals surface area contributed by atoms with Crippen molar-refractivity contribution in [1.82, 2.24) is 4.90 Å². The van der Waals surface area contributed by atoms with E-state index in [1.165, 1.54) is 24.0 Å². The minimum absolute atomic E-state index is 0.0729. The van der Waals surface area contributed by atoms with E-state index in [1.54, 1.807) is 7.11 Å². The van der Waals surface area contributed by atoms with Gasteiger partial charge in [-0.05, 0) is 88.3 Å². The molecule has 1 N–H and O–H groups in total. The molecule has 0 unspecified atom stereocenters. The summed E-state index contributed by atoms with van der Waals surface area (Å²) in [6.07, 6.45) is 6.25. The lowest BCUT2D eigenvalue weighted by Crippen LogP contribution is -2.83. The zero-order valence-electron chi connectivity index (χ0n) is 29.9.